The second-order valence-electron chi connectivity index (χ2n) is 4.58. The van der Waals surface area contributed by atoms with E-state index in [1.54, 1.807) is 5.38 Å². The van der Waals surface area contributed by atoms with Gasteiger partial charge in [-0.05, 0) is 49.3 Å². The summed E-state index contributed by atoms with van der Waals surface area (Å²) in [7, 11) is 0. The van der Waals surface area contributed by atoms with E-state index in [0.717, 1.165) is 38.9 Å². The smallest absolute Gasteiger partial charge is 0.272 e. The van der Waals surface area contributed by atoms with Crippen LogP contribution in [0.5, 0.6) is 0 Å². The van der Waals surface area contributed by atoms with E-state index in [1.807, 2.05) is 0 Å². The average molecular weight is 254 g/mol. The topological polar surface area (TPSA) is 66.9 Å². The highest BCUT2D eigenvalue weighted by Crippen LogP contribution is 2.31. The summed E-state index contributed by atoms with van der Waals surface area (Å²) >= 11 is 1.20. The number of nitrogens with zero attached hydrogens (tertiary/aromatic N) is 2. The number of aromatic nitrogens is 2. The van der Waals surface area contributed by atoms with E-state index in [4.69, 9.17) is 0 Å². The SMILES string of the molecule is CCC1(CNC(=O)c2csnn2)CCNCC1. The van der Waals surface area contributed by atoms with Crippen LogP contribution in [-0.2, 0) is 0 Å². The van der Waals surface area contributed by atoms with Crippen LogP contribution in [0.1, 0.15) is 36.7 Å². The van der Waals surface area contributed by atoms with Crippen LogP contribution in [0, 0.1) is 5.41 Å². The number of nitrogens with one attached hydrogen (secondary N) is 2. The Kier molecular flexibility index (Phi) is 4.06. The summed E-state index contributed by atoms with van der Waals surface area (Å²) < 4.78 is 3.70. The Morgan fingerprint density at radius 3 is 2.94 bits per heavy atom. The van der Waals surface area contributed by atoms with Crippen molar-refractivity contribution in [1.82, 2.24) is 20.2 Å². The van der Waals surface area contributed by atoms with Crippen molar-refractivity contribution in [3.05, 3.63) is 11.1 Å². The molecule has 0 aliphatic carbocycles. The Morgan fingerprint density at radius 2 is 2.35 bits per heavy atom. The van der Waals surface area contributed by atoms with Gasteiger partial charge in [-0.1, -0.05) is 11.4 Å². The molecular formula is C11H18N4OS. The molecule has 1 aromatic rings. The second-order valence-corrected chi connectivity index (χ2v) is 5.19. The number of amides is 1. The lowest BCUT2D eigenvalue weighted by atomic mass is 9.76. The van der Waals surface area contributed by atoms with Gasteiger partial charge in [-0.2, -0.15) is 0 Å². The first-order chi connectivity index (χ1) is 8.26. The van der Waals surface area contributed by atoms with Gasteiger partial charge in [-0.3, -0.25) is 4.79 Å². The third kappa shape index (κ3) is 3.01. The molecule has 2 rings (SSSR count). The third-order valence-corrected chi connectivity index (χ3v) is 4.14. The fourth-order valence-electron chi connectivity index (χ4n) is 2.23. The number of hydrogen-bond donors (Lipinski definition) is 2. The average Bonchev–Trinajstić information content (AvgIpc) is 2.91. The van der Waals surface area contributed by atoms with E-state index < -0.39 is 0 Å². The monoisotopic (exact) mass is 254 g/mol. The molecule has 1 saturated heterocycles. The van der Waals surface area contributed by atoms with Crippen LogP contribution in [0.2, 0.25) is 0 Å². The minimum atomic E-state index is -0.106. The van der Waals surface area contributed by atoms with Crippen molar-refractivity contribution < 1.29 is 4.79 Å². The fourth-order valence-corrected chi connectivity index (χ4v) is 2.67. The molecule has 0 saturated carbocycles. The van der Waals surface area contributed by atoms with Crippen molar-refractivity contribution in [2.45, 2.75) is 26.2 Å². The number of carbonyl (C=O) groups excluding carboxylic acids is 1. The van der Waals surface area contributed by atoms with E-state index in [9.17, 15) is 4.79 Å². The van der Waals surface area contributed by atoms with Gasteiger partial charge in [0.2, 0.25) is 0 Å². The molecule has 2 heterocycles. The Bertz CT molecular complexity index is 360. The van der Waals surface area contributed by atoms with Crippen molar-refractivity contribution in [3.63, 3.8) is 0 Å². The van der Waals surface area contributed by atoms with Crippen LogP contribution in [0.3, 0.4) is 0 Å². The molecule has 17 heavy (non-hydrogen) atoms. The van der Waals surface area contributed by atoms with Gasteiger partial charge in [0, 0.05) is 11.9 Å². The van der Waals surface area contributed by atoms with Crippen molar-refractivity contribution in [2.75, 3.05) is 19.6 Å². The lowest BCUT2D eigenvalue weighted by Gasteiger charge is -2.36. The van der Waals surface area contributed by atoms with E-state index in [1.165, 1.54) is 11.5 Å². The van der Waals surface area contributed by atoms with Crippen LogP contribution < -0.4 is 10.6 Å². The van der Waals surface area contributed by atoms with Crippen LogP contribution in [-0.4, -0.2) is 35.1 Å². The molecule has 0 atom stereocenters. The summed E-state index contributed by atoms with van der Waals surface area (Å²) in [6.07, 6.45) is 3.35. The molecule has 0 spiro atoms. The number of rotatable bonds is 4. The molecule has 0 bridgehead atoms. The van der Waals surface area contributed by atoms with Crippen molar-refractivity contribution in [1.29, 1.82) is 0 Å². The molecule has 0 radical (unpaired) electrons. The van der Waals surface area contributed by atoms with Crippen LogP contribution in [0.25, 0.3) is 0 Å². The maximum Gasteiger partial charge on any atom is 0.272 e. The number of hydrogen-bond acceptors (Lipinski definition) is 5. The lowest BCUT2D eigenvalue weighted by Crippen LogP contribution is -2.44. The summed E-state index contributed by atoms with van der Waals surface area (Å²) in [6, 6.07) is 0. The van der Waals surface area contributed by atoms with E-state index in [2.05, 4.69) is 27.1 Å². The second kappa shape index (κ2) is 5.55. The predicted molar refractivity (Wildman–Crippen MR) is 67.1 cm³/mol. The van der Waals surface area contributed by atoms with Crippen molar-refractivity contribution >= 4 is 17.4 Å². The molecule has 2 N–H and O–H groups in total. The summed E-state index contributed by atoms with van der Waals surface area (Å²) in [6.45, 7) is 5.02. The van der Waals surface area contributed by atoms with Gasteiger partial charge in [0.1, 0.15) is 0 Å². The Balaban J connectivity index is 1.89. The Hall–Kier alpha value is -1.01. The summed E-state index contributed by atoms with van der Waals surface area (Å²) in [5.74, 6) is -0.106. The molecule has 1 fully saturated rings. The quantitative estimate of drug-likeness (QED) is 0.843. The van der Waals surface area contributed by atoms with Crippen molar-refractivity contribution in [2.24, 2.45) is 5.41 Å². The van der Waals surface area contributed by atoms with Gasteiger partial charge < -0.3 is 10.6 Å². The van der Waals surface area contributed by atoms with Gasteiger partial charge in [0.25, 0.3) is 5.91 Å². The maximum atomic E-state index is 11.8. The highest BCUT2D eigenvalue weighted by Gasteiger charge is 2.30. The molecule has 1 aromatic heterocycles. The molecule has 0 aromatic carbocycles. The standard InChI is InChI=1S/C11H18N4OS/c1-2-11(3-5-12-6-4-11)8-13-10(16)9-7-17-15-14-9/h7,12H,2-6,8H2,1H3,(H,13,16). The molecular weight excluding hydrogens is 236 g/mol. The highest BCUT2D eigenvalue weighted by atomic mass is 32.1. The molecule has 1 amide bonds. The minimum absolute atomic E-state index is 0.106. The first-order valence-corrected chi connectivity index (χ1v) is 6.85. The van der Waals surface area contributed by atoms with E-state index in [0.29, 0.717) is 5.69 Å². The van der Waals surface area contributed by atoms with Crippen LogP contribution >= 0.6 is 11.5 Å². The Morgan fingerprint density at radius 1 is 1.59 bits per heavy atom. The highest BCUT2D eigenvalue weighted by molar-refractivity contribution is 7.03. The van der Waals surface area contributed by atoms with E-state index in [-0.39, 0.29) is 11.3 Å². The summed E-state index contributed by atoms with van der Waals surface area (Å²) in [4.78, 5) is 11.8. The van der Waals surface area contributed by atoms with Gasteiger partial charge >= 0.3 is 0 Å². The first kappa shape index (κ1) is 12.4. The van der Waals surface area contributed by atoms with Crippen LogP contribution in [0.4, 0.5) is 0 Å². The Labute approximate surface area is 105 Å². The van der Waals surface area contributed by atoms with Gasteiger partial charge in [0.05, 0.1) is 0 Å². The van der Waals surface area contributed by atoms with Crippen molar-refractivity contribution in [3.8, 4) is 0 Å². The zero-order chi connectivity index (χ0) is 12.1. The maximum absolute atomic E-state index is 11.8. The molecule has 94 valence electrons. The molecule has 1 aliphatic rings. The van der Waals surface area contributed by atoms with Gasteiger partial charge in [0.15, 0.2) is 5.69 Å². The minimum Gasteiger partial charge on any atom is -0.350 e. The first-order valence-electron chi connectivity index (χ1n) is 6.02. The third-order valence-electron chi connectivity index (χ3n) is 3.63. The fraction of sp³-hybridized carbons (Fsp3) is 0.727. The molecule has 6 heteroatoms. The van der Waals surface area contributed by atoms with E-state index >= 15 is 0 Å². The molecule has 5 nitrogen and oxygen atoms in total. The molecule has 1 aliphatic heterocycles. The van der Waals surface area contributed by atoms with Crippen LogP contribution in [0.15, 0.2) is 5.38 Å². The normalized spacial score (nSPS) is 18.9. The number of carbonyl (C=O) groups is 1. The van der Waals surface area contributed by atoms with Gasteiger partial charge in [-0.25, -0.2) is 0 Å². The summed E-state index contributed by atoms with van der Waals surface area (Å²) in [5.41, 5.74) is 0.680. The zero-order valence-electron chi connectivity index (χ0n) is 10.0. The predicted octanol–water partition coefficient (Wildman–Crippen LogP) is 1.05. The largest absolute Gasteiger partial charge is 0.350 e. The summed E-state index contributed by atoms with van der Waals surface area (Å²) in [5, 5.41) is 11.8. The molecule has 0 unspecified atom stereocenters. The zero-order valence-corrected chi connectivity index (χ0v) is 10.8. The number of piperidine rings is 1. The van der Waals surface area contributed by atoms with Gasteiger partial charge in [-0.15, -0.1) is 5.10 Å². The lowest BCUT2D eigenvalue weighted by molar-refractivity contribution is 0.0905.